The molecule has 2 aliphatic carbocycles. The molecule has 1 spiro atoms. The first-order valence-electron chi connectivity index (χ1n) is 9.30. The van der Waals surface area contributed by atoms with Gasteiger partial charge in [-0.15, -0.1) is 0 Å². The number of benzene rings is 1. The van der Waals surface area contributed by atoms with Crippen LogP contribution in [0, 0.1) is 17.8 Å². The first-order valence-corrected chi connectivity index (χ1v) is 9.30. The largest absolute Gasteiger partial charge is 0.486 e. The lowest BCUT2D eigenvalue weighted by molar-refractivity contribution is -0.135. The molecule has 4 atom stereocenters. The standard InChI is InChI=1S/C20H23NO3/c22-15-12-20(24-16-7-3-2-6-13(15)16)9-8-14-17(18(14)20)19(23)21-10-4-1-5-11-21/h2-3,6-7,14,17-18H,1,4-5,8-12H2/t14-,17+,18+,20-/m0/s1. The van der Waals surface area contributed by atoms with Crippen LogP contribution in [0.3, 0.4) is 0 Å². The Kier molecular flexibility index (Phi) is 3.07. The Hall–Kier alpha value is -1.84. The molecule has 4 nitrogen and oxygen atoms in total. The van der Waals surface area contributed by atoms with Gasteiger partial charge in [-0.3, -0.25) is 9.59 Å². The summed E-state index contributed by atoms with van der Waals surface area (Å²) in [7, 11) is 0. The molecule has 0 bridgehead atoms. The first-order chi connectivity index (χ1) is 11.7. The van der Waals surface area contributed by atoms with E-state index in [0.717, 1.165) is 38.8 Å². The molecule has 1 aromatic carbocycles. The third-order valence-electron chi connectivity index (χ3n) is 6.59. The summed E-state index contributed by atoms with van der Waals surface area (Å²) in [6, 6.07) is 7.54. The molecular weight excluding hydrogens is 302 g/mol. The topological polar surface area (TPSA) is 46.6 Å². The van der Waals surface area contributed by atoms with Gasteiger partial charge in [-0.2, -0.15) is 0 Å². The number of ether oxygens (including phenoxy) is 1. The molecule has 0 radical (unpaired) electrons. The number of para-hydroxylation sites is 1. The molecule has 0 aromatic heterocycles. The van der Waals surface area contributed by atoms with Gasteiger partial charge in [0.25, 0.3) is 0 Å². The Morgan fingerprint density at radius 1 is 1.17 bits per heavy atom. The van der Waals surface area contributed by atoms with E-state index in [2.05, 4.69) is 4.90 Å². The number of Topliss-reactive ketones (excluding diaryl/α,β-unsaturated/α-hetero) is 1. The summed E-state index contributed by atoms with van der Waals surface area (Å²) in [4.78, 5) is 27.6. The van der Waals surface area contributed by atoms with Crippen molar-refractivity contribution in [1.29, 1.82) is 0 Å². The number of fused-ring (bicyclic) bond motifs is 3. The Labute approximate surface area is 142 Å². The number of hydrogen-bond acceptors (Lipinski definition) is 3. The van der Waals surface area contributed by atoms with Gasteiger partial charge in [0.2, 0.25) is 5.91 Å². The monoisotopic (exact) mass is 325 g/mol. The van der Waals surface area contributed by atoms with Crippen LogP contribution in [-0.4, -0.2) is 35.3 Å². The SMILES string of the molecule is O=C1C[C@]2(CC[C@H]3[C@@H](C(=O)N4CCCCC4)[C@@H]32)Oc2ccccc21. The van der Waals surface area contributed by atoms with E-state index in [0.29, 0.717) is 29.6 Å². The fourth-order valence-electron chi connectivity index (χ4n) is 5.42. The maximum atomic E-state index is 12.9. The number of rotatable bonds is 1. The highest BCUT2D eigenvalue weighted by molar-refractivity contribution is 6.00. The smallest absolute Gasteiger partial charge is 0.226 e. The lowest BCUT2D eigenvalue weighted by Crippen LogP contribution is -2.45. The summed E-state index contributed by atoms with van der Waals surface area (Å²) in [6.45, 7) is 1.81. The van der Waals surface area contributed by atoms with Crippen molar-refractivity contribution in [3.63, 3.8) is 0 Å². The predicted molar refractivity (Wildman–Crippen MR) is 88.9 cm³/mol. The second-order valence-corrected chi connectivity index (χ2v) is 7.90. The zero-order chi connectivity index (χ0) is 16.3. The normalized spacial score (nSPS) is 36.9. The first kappa shape index (κ1) is 14.5. The van der Waals surface area contributed by atoms with E-state index in [9.17, 15) is 9.59 Å². The molecule has 0 N–H and O–H groups in total. The zero-order valence-electron chi connectivity index (χ0n) is 13.9. The maximum absolute atomic E-state index is 12.9. The number of piperidine rings is 1. The van der Waals surface area contributed by atoms with Gasteiger partial charge in [0, 0.05) is 24.9 Å². The third-order valence-corrected chi connectivity index (χ3v) is 6.59. The van der Waals surface area contributed by atoms with E-state index in [1.807, 2.05) is 24.3 Å². The predicted octanol–water partition coefficient (Wildman–Crippen LogP) is 3.06. The minimum absolute atomic E-state index is 0.0925. The van der Waals surface area contributed by atoms with Crippen LogP contribution < -0.4 is 4.74 Å². The number of amides is 1. The molecule has 1 aromatic rings. The fourth-order valence-corrected chi connectivity index (χ4v) is 5.42. The van der Waals surface area contributed by atoms with E-state index in [-0.39, 0.29) is 17.6 Å². The summed E-state index contributed by atoms with van der Waals surface area (Å²) >= 11 is 0. The molecule has 2 aliphatic heterocycles. The van der Waals surface area contributed by atoms with Crippen LogP contribution >= 0.6 is 0 Å². The second-order valence-electron chi connectivity index (χ2n) is 7.90. The average Bonchev–Trinajstić information content (AvgIpc) is 3.26. The average molecular weight is 325 g/mol. The molecule has 1 amide bonds. The molecule has 3 fully saturated rings. The molecule has 4 aliphatic rings. The molecule has 2 heterocycles. The molecule has 4 heteroatoms. The summed E-state index contributed by atoms with van der Waals surface area (Å²) in [6.07, 6.45) is 5.85. The van der Waals surface area contributed by atoms with Gasteiger partial charge < -0.3 is 9.64 Å². The molecule has 24 heavy (non-hydrogen) atoms. The van der Waals surface area contributed by atoms with Crippen LogP contribution in [0.4, 0.5) is 0 Å². The fraction of sp³-hybridized carbons (Fsp3) is 0.600. The zero-order valence-corrected chi connectivity index (χ0v) is 13.9. The maximum Gasteiger partial charge on any atom is 0.226 e. The highest BCUT2D eigenvalue weighted by atomic mass is 16.5. The number of ketones is 1. The van der Waals surface area contributed by atoms with Crippen molar-refractivity contribution in [3.8, 4) is 5.75 Å². The van der Waals surface area contributed by atoms with Crippen molar-refractivity contribution in [2.24, 2.45) is 17.8 Å². The quantitative estimate of drug-likeness (QED) is 0.797. The van der Waals surface area contributed by atoms with Gasteiger partial charge in [0.1, 0.15) is 11.4 Å². The van der Waals surface area contributed by atoms with Crippen LogP contribution in [-0.2, 0) is 4.79 Å². The molecular formula is C20H23NO3. The summed E-state index contributed by atoms with van der Waals surface area (Å²) in [5.74, 6) is 1.97. The Bertz CT molecular complexity index is 709. The number of carbonyl (C=O) groups excluding carboxylic acids is 2. The Morgan fingerprint density at radius 2 is 1.96 bits per heavy atom. The molecule has 2 saturated carbocycles. The molecule has 5 rings (SSSR count). The minimum atomic E-state index is -0.424. The van der Waals surface area contributed by atoms with Crippen molar-refractivity contribution >= 4 is 11.7 Å². The van der Waals surface area contributed by atoms with Crippen molar-refractivity contribution in [2.75, 3.05) is 13.1 Å². The second kappa shape index (κ2) is 5.08. The van der Waals surface area contributed by atoms with E-state index >= 15 is 0 Å². The van der Waals surface area contributed by atoms with Crippen molar-refractivity contribution < 1.29 is 14.3 Å². The number of likely N-dealkylation sites (tertiary alicyclic amines) is 1. The van der Waals surface area contributed by atoms with Crippen molar-refractivity contribution in [3.05, 3.63) is 29.8 Å². The minimum Gasteiger partial charge on any atom is -0.486 e. The van der Waals surface area contributed by atoms with Crippen LogP contribution in [0.2, 0.25) is 0 Å². The van der Waals surface area contributed by atoms with Crippen LogP contribution in [0.25, 0.3) is 0 Å². The highest BCUT2D eigenvalue weighted by Gasteiger charge is 2.71. The van der Waals surface area contributed by atoms with Gasteiger partial charge in [-0.1, -0.05) is 12.1 Å². The van der Waals surface area contributed by atoms with Gasteiger partial charge in [-0.05, 0) is 50.2 Å². The number of nitrogens with zero attached hydrogens (tertiary/aromatic N) is 1. The van der Waals surface area contributed by atoms with E-state index in [4.69, 9.17) is 4.74 Å². The molecule has 126 valence electrons. The lowest BCUT2D eigenvalue weighted by atomic mass is 9.84. The van der Waals surface area contributed by atoms with Crippen molar-refractivity contribution in [1.82, 2.24) is 4.90 Å². The molecule has 1 saturated heterocycles. The third kappa shape index (κ3) is 1.98. The Balaban J connectivity index is 1.39. The van der Waals surface area contributed by atoms with Gasteiger partial charge in [0.15, 0.2) is 5.78 Å². The lowest BCUT2D eigenvalue weighted by Gasteiger charge is -2.37. The number of hydrogen-bond donors (Lipinski definition) is 0. The van der Waals surface area contributed by atoms with Gasteiger partial charge >= 0.3 is 0 Å². The van der Waals surface area contributed by atoms with Gasteiger partial charge in [0.05, 0.1) is 12.0 Å². The van der Waals surface area contributed by atoms with E-state index in [1.54, 1.807) is 0 Å². The summed E-state index contributed by atoms with van der Waals surface area (Å²) in [5, 5.41) is 0. The summed E-state index contributed by atoms with van der Waals surface area (Å²) in [5.41, 5.74) is 0.276. The Morgan fingerprint density at radius 3 is 2.79 bits per heavy atom. The van der Waals surface area contributed by atoms with E-state index < -0.39 is 5.60 Å². The van der Waals surface area contributed by atoms with Gasteiger partial charge in [-0.25, -0.2) is 0 Å². The highest BCUT2D eigenvalue weighted by Crippen LogP contribution is 2.66. The van der Waals surface area contributed by atoms with Crippen LogP contribution in [0.15, 0.2) is 24.3 Å². The van der Waals surface area contributed by atoms with Crippen LogP contribution in [0.1, 0.15) is 48.9 Å². The summed E-state index contributed by atoms with van der Waals surface area (Å²) < 4.78 is 6.38. The van der Waals surface area contributed by atoms with Crippen LogP contribution in [0.5, 0.6) is 5.75 Å². The molecule has 0 unspecified atom stereocenters. The van der Waals surface area contributed by atoms with E-state index in [1.165, 1.54) is 6.42 Å². The number of carbonyl (C=O) groups is 2. The van der Waals surface area contributed by atoms with Crippen molar-refractivity contribution in [2.45, 2.75) is 44.1 Å².